The second-order valence-corrected chi connectivity index (χ2v) is 3.48. The highest BCUT2D eigenvalue weighted by molar-refractivity contribution is 6.05. The lowest BCUT2D eigenvalue weighted by Gasteiger charge is -2.08. The second-order valence-electron chi connectivity index (χ2n) is 3.48. The third kappa shape index (κ3) is 1.57. The molecular weight excluding hydrogens is 232 g/mol. The van der Waals surface area contributed by atoms with Gasteiger partial charge in [0.25, 0.3) is 0 Å². The van der Waals surface area contributed by atoms with Gasteiger partial charge in [0.1, 0.15) is 11.1 Å². The molecule has 0 aliphatic heterocycles. The van der Waals surface area contributed by atoms with E-state index in [4.69, 9.17) is 5.11 Å². The molecule has 4 nitrogen and oxygen atoms in total. The summed E-state index contributed by atoms with van der Waals surface area (Å²) in [4.78, 5) is 14.6. The molecule has 0 radical (unpaired) electrons. The first-order valence-corrected chi connectivity index (χ1v) is 4.64. The van der Waals surface area contributed by atoms with E-state index < -0.39 is 34.4 Å². The fourth-order valence-electron chi connectivity index (χ4n) is 1.60. The number of carboxylic acid groups (broad SMARTS) is 1. The highest BCUT2D eigenvalue weighted by atomic mass is 19.2. The lowest BCUT2D eigenvalue weighted by atomic mass is 10.1. The first-order chi connectivity index (χ1) is 7.93. The molecule has 0 aliphatic rings. The molecule has 0 fully saturated rings. The standard InChI is InChI=1S/C11H7F2NO3/c1-4-10(15)7(11(16)17)5-2-3-6(12)8(13)9(5)14-4/h2-3,15H,1H3,(H,16,17). The largest absolute Gasteiger partial charge is 0.505 e. The Morgan fingerprint density at radius 2 is 2.00 bits per heavy atom. The van der Waals surface area contributed by atoms with Crippen LogP contribution in [0, 0.1) is 18.6 Å². The van der Waals surface area contributed by atoms with Gasteiger partial charge in [-0.15, -0.1) is 0 Å². The quantitative estimate of drug-likeness (QED) is 0.800. The zero-order chi connectivity index (χ0) is 12.7. The Hall–Kier alpha value is -2.24. The summed E-state index contributed by atoms with van der Waals surface area (Å²) in [6.07, 6.45) is 0. The molecule has 0 aliphatic carbocycles. The maximum absolute atomic E-state index is 13.4. The van der Waals surface area contributed by atoms with Crippen molar-refractivity contribution in [1.29, 1.82) is 0 Å². The van der Waals surface area contributed by atoms with Crippen LogP contribution in [-0.4, -0.2) is 21.2 Å². The minimum absolute atomic E-state index is 0.0700. The number of aromatic nitrogens is 1. The monoisotopic (exact) mass is 239 g/mol. The summed E-state index contributed by atoms with van der Waals surface area (Å²) in [5.41, 5.74) is -0.955. The molecule has 17 heavy (non-hydrogen) atoms. The molecule has 0 saturated carbocycles. The second kappa shape index (κ2) is 3.65. The maximum Gasteiger partial charge on any atom is 0.340 e. The van der Waals surface area contributed by atoms with Gasteiger partial charge in [0.2, 0.25) is 0 Å². The Labute approximate surface area is 94.1 Å². The van der Waals surface area contributed by atoms with E-state index >= 15 is 0 Å². The van der Waals surface area contributed by atoms with Gasteiger partial charge in [0, 0.05) is 5.39 Å². The van der Waals surface area contributed by atoms with E-state index in [1.54, 1.807) is 0 Å². The van der Waals surface area contributed by atoms with Gasteiger partial charge < -0.3 is 10.2 Å². The minimum Gasteiger partial charge on any atom is -0.505 e. The number of nitrogens with zero attached hydrogens (tertiary/aromatic N) is 1. The van der Waals surface area contributed by atoms with Crippen molar-refractivity contribution >= 4 is 16.9 Å². The number of rotatable bonds is 1. The van der Waals surface area contributed by atoms with Gasteiger partial charge in [-0.25, -0.2) is 18.6 Å². The molecule has 1 aromatic carbocycles. The van der Waals surface area contributed by atoms with Crippen molar-refractivity contribution in [3.8, 4) is 5.75 Å². The van der Waals surface area contributed by atoms with Crippen LogP contribution in [0.5, 0.6) is 5.75 Å². The van der Waals surface area contributed by atoms with Crippen LogP contribution in [0.25, 0.3) is 10.9 Å². The number of benzene rings is 1. The van der Waals surface area contributed by atoms with E-state index in [0.717, 1.165) is 12.1 Å². The maximum atomic E-state index is 13.4. The summed E-state index contributed by atoms with van der Waals surface area (Å²) >= 11 is 0. The average Bonchev–Trinajstić information content (AvgIpc) is 2.26. The zero-order valence-corrected chi connectivity index (χ0v) is 8.66. The number of hydrogen-bond acceptors (Lipinski definition) is 3. The molecule has 0 saturated heterocycles. The Morgan fingerprint density at radius 3 is 2.59 bits per heavy atom. The van der Waals surface area contributed by atoms with E-state index in [1.165, 1.54) is 6.92 Å². The highest BCUT2D eigenvalue weighted by Gasteiger charge is 2.21. The van der Waals surface area contributed by atoms with Crippen LogP contribution in [0.2, 0.25) is 0 Å². The van der Waals surface area contributed by atoms with E-state index in [0.29, 0.717) is 0 Å². The van der Waals surface area contributed by atoms with Crippen molar-refractivity contribution in [3.63, 3.8) is 0 Å². The molecule has 0 unspecified atom stereocenters. The smallest absolute Gasteiger partial charge is 0.340 e. The van der Waals surface area contributed by atoms with E-state index in [9.17, 15) is 18.7 Å². The molecule has 1 aromatic heterocycles. The summed E-state index contributed by atoms with van der Waals surface area (Å²) in [7, 11) is 0. The molecule has 88 valence electrons. The number of aryl methyl sites for hydroxylation is 1. The number of carbonyl (C=O) groups is 1. The lowest BCUT2D eigenvalue weighted by molar-refractivity contribution is 0.0695. The highest BCUT2D eigenvalue weighted by Crippen LogP contribution is 2.30. The van der Waals surface area contributed by atoms with Crippen molar-refractivity contribution in [2.24, 2.45) is 0 Å². The van der Waals surface area contributed by atoms with Crippen LogP contribution < -0.4 is 0 Å². The van der Waals surface area contributed by atoms with Crippen LogP contribution >= 0.6 is 0 Å². The molecule has 2 aromatic rings. The summed E-state index contributed by atoms with van der Waals surface area (Å²) in [5.74, 6) is -4.32. The predicted octanol–water partition coefficient (Wildman–Crippen LogP) is 2.23. The number of carboxylic acids is 1. The Morgan fingerprint density at radius 1 is 1.35 bits per heavy atom. The third-order valence-corrected chi connectivity index (χ3v) is 2.41. The summed E-state index contributed by atoms with van der Waals surface area (Å²) < 4.78 is 26.4. The van der Waals surface area contributed by atoms with Gasteiger partial charge in [-0.2, -0.15) is 0 Å². The first-order valence-electron chi connectivity index (χ1n) is 4.64. The number of halogens is 2. The first kappa shape index (κ1) is 11.3. The van der Waals surface area contributed by atoms with Crippen molar-refractivity contribution in [1.82, 2.24) is 4.98 Å². The van der Waals surface area contributed by atoms with Gasteiger partial charge >= 0.3 is 5.97 Å². The molecule has 0 atom stereocenters. The van der Waals surface area contributed by atoms with Gasteiger partial charge in [-0.1, -0.05) is 0 Å². The Bertz CT molecular complexity index is 640. The van der Waals surface area contributed by atoms with E-state index in [2.05, 4.69) is 4.98 Å². The average molecular weight is 239 g/mol. The molecule has 0 bridgehead atoms. The number of pyridine rings is 1. The van der Waals surface area contributed by atoms with Gasteiger partial charge in [-0.05, 0) is 19.1 Å². The molecule has 2 rings (SSSR count). The molecule has 0 spiro atoms. The number of fused-ring (bicyclic) bond motifs is 1. The lowest BCUT2D eigenvalue weighted by Crippen LogP contribution is -2.03. The molecule has 0 amide bonds. The van der Waals surface area contributed by atoms with Crippen LogP contribution in [-0.2, 0) is 0 Å². The van der Waals surface area contributed by atoms with Crippen molar-refractivity contribution < 1.29 is 23.8 Å². The number of aromatic hydroxyl groups is 1. The van der Waals surface area contributed by atoms with Crippen LogP contribution in [0.4, 0.5) is 8.78 Å². The molecular formula is C11H7F2NO3. The van der Waals surface area contributed by atoms with Crippen molar-refractivity contribution in [2.45, 2.75) is 6.92 Å². The summed E-state index contributed by atoms with van der Waals surface area (Å²) in [5, 5.41) is 18.4. The SMILES string of the molecule is Cc1nc2c(F)c(F)ccc2c(C(=O)O)c1O. The van der Waals surface area contributed by atoms with Gasteiger partial charge in [0.05, 0.1) is 5.69 Å². The van der Waals surface area contributed by atoms with Gasteiger partial charge in [-0.3, -0.25) is 0 Å². The number of hydrogen-bond donors (Lipinski definition) is 2. The Balaban J connectivity index is 3.02. The number of aromatic carboxylic acids is 1. The summed E-state index contributed by atoms with van der Waals surface area (Å²) in [6.45, 7) is 1.31. The van der Waals surface area contributed by atoms with E-state index in [1.807, 2.05) is 0 Å². The third-order valence-electron chi connectivity index (χ3n) is 2.41. The Kier molecular flexibility index (Phi) is 2.42. The molecule has 2 N–H and O–H groups in total. The van der Waals surface area contributed by atoms with Crippen LogP contribution in [0.15, 0.2) is 12.1 Å². The zero-order valence-electron chi connectivity index (χ0n) is 8.66. The van der Waals surface area contributed by atoms with Crippen molar-refractivity contribution in [2.75, 3.05) is 0 Å². The van der Waals surface area contributed by atoms with E-state index in [-0.39, 0.29) is 11.1 Å². The van der Waals surface area contributed by atoms with Gasteiger partial charge in [0.15, 0.2) is 17.4 Å². The normalized spacial score (nSPS) is 10.8. The van der Waals surface area contributed by atoms with Crippen molar-refractivity contribution in [3.05, 3.63) is 35.0 Å². The fourth-order valence-corrected chi connectivity index (χ4v) is 1.60. The van der Waals surface area contributed by atoms with Crippen LogP contribution in [0.1, 0.15) is 16.1 Å². The summed E-state index contributed by atoms with van der Waals surface area (Å²) in [6, 6.07) is 1.86. The molecule has 1 heterocycles. The molecule has 6 heteroatoms. The van der Waals surface area contributed by atoms with Crippen LogP contribution in [0.3, 0.4) is 0 Å². The topological polar surface area (TPSA) is 70.4 Å². The predicted molar refractivity (Wildman–Crippen MR) is 55.0 cm³/mol. The fraction of sp³-hybridized carbons (Fsp3) is 0.0909. The minimum atomic E-state index is -1.43.